The third-order valence-electron chi connectivity index (χ3n) is 4.87. The number of carbonyl (C=O) groups is 1. The monoisotopic (exact) mass is 344 g/mol. The maximum atomic E-state index is 13.6. The Hall–Kier alpha value is -2.43. The van der Waals surface area contributed by atoms with Gasteiger partial charge in [0.2, 0.25) is 0 Å². The lowest BCUT2D eigenvalue weighted by Crippen LogP contribution is -2.46. The third kappa shape index (κ3) is 4.16. The van der Waals surface area contributed by atoms with Crippen molar-refractivity contribution in [2.75, 3.05) is 13.6 Å². The number of benzene rings is 2. The van der Waals surface area contributed by atoms with Crippen LogP contribution in [-0.2, 0) is 19.3 Å². The number of rotatable bonds is 4. The first-order valence-electron chi connectivity index (χ1n) is 8.56. The van der Waals surface area contributed by atoms with Gasteiger partial charge in [0.05, 0.1) is 0 Å². The van der Waals surface area contributed by atoms with Gasteiger partial charge in [0.1, 0.15) is 11.6 Å². The van der Waals surface area contributed by atoms with Gasteiger partial charge in [0.25, 0.3) is 0 Å². The number of halogens is 2. The molecule has 0 spiro atoms. The molecular weight excluding hydrogens is 322 g/mol. The first-order chi connectivity index (χ1) is 12.0. The van der Waals surface area contributed by atoms with Crippen molar-refractivity contribution in [3.63, 3.8) is 0 Å². The summed E-state index contributed by atoms with van der Waals surface area (Å²) in [5, 5.41) is 2.82. The second-order valence-corrected chi connectivity index (χ2v) is 6.49. The van der Waals surface area contributed by atoms with Crippen LogP contribution in [0, 0.1) is 11.6 Å². The molecule has 0 heterocycles. The Morgan fingerprint density at radius 3 is 2.72 bits per heavy atom. The van der Waals surface area contributed by atoms with E-state index in [-0.39, 0.29) is 12.1 Å². The average molecular weight is 344 g/mol. The summed E-state index contributed by atoms with van der Waals surface area (Å²) in [7, 11) is 1.80. The van der Waals surface area contributed by atoms with Gasteiger partial charge in [-0.2, -0.15) is 0 Å². The van der Waals surface area contributed by atoms with E-state index in [0.717, 1.165) is 25.3 Å². The van der Waals surface area contributed by atoms with E-state index in [1.165, 1.54) is 23.3 Å². The molecule has 25 heavy (non-hydrogen) atoms. The molecule has 1 aliphatic carbocycles. The van der Waals surface area contributed by atoms with Gasteiger partial charge in [-0.25, -0.2) is 13.6 Å². The highest BCUT2D eigenvalue weighted by Crippen LogP contribution is 2.23. The smallest absolute Gasteiger partial charge is 0.317 e. The number of hydrogen-bond donors (Lipinski definition) is 1. The van der Waals surface area contributed by atoms with Crippen molar-refractivity contribution in [2.45, 2.75) is 31.7 Å². The molecule has 5 heteroatoms. The molecular formula is C20H22F2N2O. The highest BCUT2D eigenvalue weighted by Gasteiger charge is 2.24. The molecule has 3 nitrogen and oxygen atoms in total. The summed E-state index contributed by atoms with van der Waals surface area (Å²) < 4.78 is 26.5. The zero-order valence-corrected chi connectivity index (χ0v) is 14.3. The van der Waals surface area contributed by atoms with Gasteiger partial charge in [-0.3, -0.25) is 0 Å². The van der Waals surface area contributed by atoms with Gasteiger partial charge in [-0.1, -0.05) is 30.3 Å². The molecule has 1 aliphatic rings. The SMILES string of the molecule is CN(C(=O)NCCc1ccc(F)cc1F)C1CCc2ccccc2C1. The normalized spacial score (nSPS) is 16.2. The third-order valence-corrected chi connectivity index (χ3v) is 4.87. The zero-order chi connectivity index (χ0) is 17.8. The summed E-state index contributed by atoms with van der Waals surface area (Å²) in [6.07, 6.45) is 3.10. The Labute approximate surface area is 146 Å². The first-order valence-corrected chi connectivity index (χ1v) is 8.56. The van der Waals surface area contributed by atoms with Crippen molar-refractivity contribution < 1.29 is 13.6 Å². The fraction of sp³-hybridized carbons (Fsp3) is 0.350. The molecule has 2 aromatic rings. The van der Waals surface area contributed by atoms with E-state index in [9.17, 15) is 13.6 Å². The van der Waals surface area contributed by atoms with Crippen LogP contribution in [-0.4, -0.2) is 30.6 Å². The van der Waals surface area contributed by atoms with Crippen molar-refractivity contribution in [3.8, 4) is 0 Å². The molecule has 0 saturated carbocycles. The summed E-state index contributed by atoms with van der Waals surface area (Å²) in [4.78, 5) is 14.1. The molecule has 1 unspecified atom stereocenters. The van der Waals surface area contributed by atoms with Crippen molar-refractivity contribution in [1.82, 2.24) is 10.2 Å². The minimum absolute atomic E-state index is 0.160. The minimum Gasteiger partial charge on any atom is -0.338 e. The molecule has 0 saturated heterocycles. The molecule has 0 bridgehead atoms. The van der Waals surface area contributed by atoms with E-state index in [2.05, 4.69) is 17.4 Å². The van der Waals surface area contributed by atoms with Crippen LogP contribution >= 0.6 is 0 Å². The summed E-state index contributed by atoms with van der Waals surface area (Å²) in [6, 6.07) is 11.8. The Kier molecular flexibility index (Phi) is 5.31. The second kappa shape index (κ2) is 7.64. The minimum atomic E-state index is -0.595. The topological polar surface area (TPSA) is 32.3 Å². The molecule has 3 rings (SSSR count). The Bertz CT molecular complexity index is 763. The molecule has 2 aromatic carbocycles. The first kappa shape index (κ1) is 17.4. The summed E-state index contributed by atoms with van der Waals surface area (Å²) in [5.41, 5.74) is 3.06. The van der Waals surface area contributed by atoms with Gasteiger partial charge < -0.3 is 10.2 Å². The van der Waals surface area contributed by atoms with Gasteiger partial charge in [-0.05, 0) is 48.4 Å². The molecule has 1 atom stereocenters. The molecule has 0 fully saturated rings. The number of fused-ring (bicyclic) bond motifs is 1. The van der Waals surface area contributed by atoms with Crippen LogP contribution in [0.25, 0.3) is 0 Å². The van der Waals surface area contributed by atoms with Crippen molar-refractivity contribution in [2.24, 2.45) is 0 Å². The molecule has 2 amide bonds. The number of likely N-dealkylation sites (N-methyl/N-ethyl adjacent to an activating group) is 1. The predicted molar refractivity (Wildman–Crippen MR) is 93.5 cm³/mol. The van der Waals surface area contributed by atoms with E-state index < -0.39 is 11.6 Å². The lowest BCUT2D eigenvalue weighted by Gasteiger charge is -2.32. The number of aryl methyl sites for hydroxylation is 1. The molecule has 1 N–H and O–H groups in total. The van der Waals surface area contributed by atoms with E-state index in [0.29, 0.717) is 18.5 Å². The van der Waals surface area contributed by atoms with E-state index in [1.54, 1.807) is 11.9 Å². The van der Waals surface area contributed by atoms with Gasteiger partial charge >= 0.3 is 6.03 Å². The lowest BCUT2D eigenvalue weighted by atomic mass is 9.88. The Morgan fingerprint density at radius 1 is 1.20 bits per heavy atom. The lowest BCUT2D eigenvalue weighted by molar-refractivity contribution is 0.184. The Morgan fingerprint density at radius 2 is 1.96 bits per heavy atom. The molecule has 0 aliphatic heterocycles. The standard InChI is InChI=1S/C20H22F2N2O/c1-24(18-9-7-14-4-2-3-5-16(14)12-18)20(25)23-11-10-15-6-8-17(21)13-19(15)22/h2-6,8,13,18H,7,9-12H2,1H3,(H,23,25). The number of amides is 2. The zero-order valence-electron chi connectivity index (χ0n) is 14.3. The number of nitrogens with one attached hydrogen (secondary N) is 1. The van der Waals surface area contributed by atoms with E-state index in [4.69, 9.17) is 0 Å². The molecule has 0 radical (unpaired) electrons. The fourth-order valence-corrected chi connectivity index (χ4v) is 3.33. The van der Waals surface area contributed by atoms with Gasteiger partial charge in [0.15, 0.2) is 0 Å². The maximum absolute atomic E-state index is 13.6. The summed E-state index contributed by atoms with van der Waals surface area (Å²) in [6.45, 7) is 0.315. The number of nitrogens with zero attached hydrogens (tertiary/aromatic N) is 1. The van der Waals surface area contributed by atoms with E-state index in [1.807, 2.05) is 12.1 Å². The van der Waals surface area contributed by atoms with Crippen LogP contribution in [0.1, 0.15) is 23.1 Å². The van der Waals surface area contributed by atoms with Crippen LogP contribution in [0.5, 0.6) is 0 Å². The summed E-state index contributed by atoms with van der Waals surface area (Å²) in [5.74, 6) is -1.17. The number of carbonyl (C=O) groups excluding carboxylic acids is 1. The maximum Gasteiger partial charge on any atom is 0.317 e. The fourth-order valence-electron chi connectivity index (χ4n) is 3.33. The largest absolute Gasteiger partial charge is 0.338 e. The number of urea groups is 1. The van der Waals surface area contributed by atoms with Crippen LogP contribution in [0.3, 0.4) is 0 Å². The van der Waals surface area contributed by atoms with Gasteiger partial charge in [-0.15, -0.1) is 0 Å². The molecule has 0 aromatic heterocycles. The van der Waals surface area contributed by atoms with E-state index >= 15 is 0 Å². The second-order valence-electron chi connectivity index (χ2n) is 6.49. The van der Waals surface area contributed by atoms with Crippen LogP contribution in [0.4, 0.5) is 13.6 Å². The van der Waals surface area contributed by atoms with Gasteiger partial charge in [0, 0.05) is 25.7 Å². The highest BCUT2D eigenvalue weighted by atomic mass is 19.1. The van der Waals surface area contributed by atoms with Crippen LogP contribution in [0.2, 0.25) is 0 Å². The molecule has 132 valence electrons. The van der Waals surface area contributed by atoms with Crippen LogP contribution < -0.4 is 5.32 Å². The van der Waals surface area contributed by atoms with Crippen LogP contribution in [0.15, 0.2) is 42.5 Å². The van der Waals surface area contributed by atoms with Crippen molar-refractivity contribution in [1.29, 1.82) is 0 Å². The predicted octanol–water partition coefficient (Wildman–Crippen LogP) is 3.71. The van der Waals surface area contributed by atoms with Crippen molar-refractivity contribution in [3.05, 3.63) is 70.8 Å². The van der Waals surface area contributed by atoms with Crippen molar-refractivity contribution >= 4 is 6.03 Å². The quantitative estimate of drug-likeness (QED) is 0.901. The summed E-state index contributed by atoms with van der Waals surface area (Å²) >= 11 is 0. The highest BCUT2D eigenvalue weighted by molar-refractivity contribution is 5.74. The number of hydrogen-bond acceptors (Lipinski definition) is 1. The Balaban J connectivity index is 1.51. The average Bonchev–Trinajstić information content (AvgIpc) is 2.62.